The lowest BCUT2D eigenvalue weighted by Gasteiger charge is -2.26. The second-order valence-electron chi connectivity index (χ2n) is 5.58. The van der Waals surface area contributed by atoms with Crippen molar-refractivity contribution in [2.24, 2.45) is 0 Å². The summed E-state index contributed by atoms with van der Waals surface area (Å²) in [6, 6.07) is 0.754. The van der Waals surface area contributed by atoms with Crippen LogP contribution in [0.15, 0.2) is 0 Å². The second-order valence-corrected chi connectivity index (χ2v) is 5.58. The van der Waals surface area contributed by atoms with Gasteiger partial charge in [0.05, 0.1) is 6.61 Å². The molecule has 0 aromatic carbocycles. The Labute approximate surface area is 124 Å². The lowest BCUT2D eigenvalue weighted by molar-refractivity contribution is -0.143. The molecule has 0 saturated carbocycles. The maximum Gasteiger partial charge on any atom is 0.305 e. The van der Waals surface area contributed by atoms with Crippen molar-refractivity contribution in [1.82, 2.24) is 9.80 Å². The molecule has 1 unspecified atom stereocenters. The Morgan fingerprint density at radius 1 is 1.20 bits per heavy atom. The van der Waals surface area contributed by atoms with E-state index in [0.717, 1.165) is 32.0 Å². The van der Waals surface area contributed by atoms with Gasteiger partial charge in [0.2, 0.25) is 0 Å². The van der Waals surface area contributed by atoms with Crippen LogP contribution in [0.25, 0.3) is 0 Å². The molecule has 1 aliphatic heterocycles. The third-order valence-electron chi connectivity index (χ3n) is 4.24. The van der Waals surface area contributed by atoms with Crippen LogP contribution in [-0.2, 0) is 9.53 Å². The standard InChI is InChI=1S/C16H32N2O2/c1-4-18(5-2)15-11-13-17(14-15)12-9-7-8-10-16(19)20-6-3/h15H,4-14H2,1-3H3. The number of nitrogens with zero attached hydrogens (tertiary/aromatic N) is 2. The Morgan fingerprint density at radius 3 is 2.60 bits per heavy atom. The van der Waals surface area contributed by atoms with E-state index >= 15 is 0 Å². The molecule has 0 amide bonds. The second kappa shape index (κ2) is 10.2. The van der Waals surface area contributed by atoms with Gasteiger partial charge in [-0.2, -0.15) is 0 Å². The third-order valence-corrected chi connectivity index (χ3v) is 4.24. The average molecular weight is 284 g/mol. The third kappa shape index (κ3) is 6.23. The molecule has 1 aliphatic rings. The van der Waals surface area contributed by atoms with E-state index in [1.807, 2.05) is 6.92 Å². The van der Waals surface area contributed by atoms with E-state index in [4.69, 9.17) is 4.74 Å². The van der Waals surface area contributed by atoms with Crippen LogP contribution < -0.4 is 0 Å². The lowest BCUT2D eigenvalue weighted by atomic mass is 10.2. The Bertz CT molecular complexity index is 267. The molecule has 1 saturated heterocycles. The summed E-state index contributed by atoms with van der Waals surface area (Å²) in [5, 5.41) is 0. The fourth-order valence-corrected chi connectivity index (χ4v) is 3.07. The van der Waals surface area contributed by atoms with Gasteiger partial charge in [0.15, 0.2) is 0 Å². The molecule has 0 bridgehead atoms. The highest BCUT2D eigenvalue weighted by molar-refractivity contribution is 5.69. The normalized spacial score (nSPS) is 19.7. The van der Waals surface area contributed by atoms with Crippen molar-refractivity contribution in [2.75, 3.05) is 39.3 Å². The fraction of sp³-hybridized carbons (Fsp3) is 0.938. The first kappa shape index (κ1) is 17.4. The van der Waals surface area contributed by atoms with Crippen LogP contribution in [0.3, 0.4) is 0 Å². The van der Waals surface area contributed by atoms with E-state index < -0.39 is 0 Å². The van der Waals surface area contributed by atoms with Gasteiger partial charge in [0, 0.05) is 19.0 Å². The molecule has 0 spiro atoms. The van der Waals surface area contributed by atoms with Crippen molar-refractivity contribution in [3.8, 4) is 0 Å². The number of carbonyl (C=O) groups excluding carboxylic acids is 1. The molecule has 0 aliphatic carbocycles. The number of unbranched alkanes of at least 4 members (excludes halogenated alkanes) is 2. The molecule has 1 fully saturated rings. The summed E-state index contributed by atoms with van der Waals surface area (Å²) in [6.45, 7) is 12.8. The number of hydrogen-bond acceptors (Lipinski definition) is 4. The smallest absolute Gasteiger partial charge is 0.305 e. The minimum atomic E-state index is -0.0460. The monoisotopic (exact) mass is 284 g/mol. The van der Waals surface area contributed by atoms with Crippen molar-refractivity contribution >= 4 is 5.97 Å². The Kier molecular flexibility index (Phi) is 8.86. The molecule has 1 atom stereocenters. The van der Waals surface area contributed by atoms with Crippen molar-refractivity contribution in [2.45, 2.75) is 58.9 Å². The maximum atomic E-state index is 11.2. The van der Waals surface area contributed by atoms with Crippen LogP contribution in [0.1, 0.15) is 52.9 Å². The molecule has 20 heavy (non-hydrogen) atoms. The summed E-state index contributed by atoms with van der Waals surface area (Å²) in [5.41, 5.74) is 0. The van der Waals surface area contributed by atoms with Crippen molar-refractivity contribution in [3.63, 3.8) is 0 Å². The number of carbonyl (C=O) groups is 1. The van der Waals surface area contributed by atoms with Crippen LogP contribution in [0, 0.1) is 0 Å². The first-order valence-electron chi connectivity index (χ1n) is 8.33. The first-order valence-corrected chi connectivity index (χ1v) is 8.33. The Balaban J connectivity index is 2.05. The predicted octanol–water partition coefficient (Wildman–Crippen LogP) is 2.53. The van der Waals surface area contributed by atoms with E-state index in [9.17, 15) is 4.79 Å². The topological polar surface area (TPSA) is 32.8 Å². The van der Waals surface area contributed by atoms with Gasteiger partial charge in [-0.15, -0.1) is 0 Å². The van der Waals surface area contributed by atoms with Gasteiger partial charge < -0.3 is 9.64 Å². The number of likely N-dealkylation sites (tertiary alicyclic amines) is 1. The lowest BCUT2D eigenvalue weighted by Crippen LogP contribution is -2.37. The predicted molar refractivity (Wildman–Crippen MR) is 82.9 cm³/mol. The summed E-state index contributed by atoms with van der Waals surface area (Å²) in [4.78, 5) is 16.4. The van der Waals surface area contributed by atoms with E-state index in [-0.39, 0.29) is 5.97 Å². The van der Waals surface area contributed by atoms with Gasteiger partial charge in [-0.3, -0.25) is 9.69 Å². The summed E-state index contributed by atoms with van der Waals surface area (Å²) in [7, 11) is 0. The van der Waals surface area contributed by atoms with E-state index in [1.165, 1.54) is 32.5 Å². The van der Waals surface area contributed by atoms with Gasteiger partial charge in [-0.25, -0.2) is 0 Å². The van der Waals surface area contributed by atoms with Crippen molar-refractivity contribution in [3.05, 3.63) is 0 Å². The molecule has 0 aromatic rings. The van der Waals surface area contributed by atoms with Crippen molar-refractivity contribution in [1.29, 1.82) is 0 Å². The molecule has 1 rings (SSSR count). The summed E-state index contributed by atoms with van der Waals surface area (Å²) in [6.07, 6.45) is 5.18. The van der Waals surface area contributed by atoms with Crippen molar-refractivity contribution < 1.29 is 9.53 Å². The van der Waals surface area contributed by atoms with Crippen LogP contribution in [0.4, 0.5) is 0 Å². The largest absolute Gasteiger partial charge is 0.466 e. The van der Waals surface area contributed by atoms with E-state index in [0.29, 0.717) is 13.0 Å². The van der Waals surface area contributed by atoms with Gasteiger partial charge >= 0.3 is 5.97 Å². The molecule has 118 valence electrons. The zero-order valence-corrected chi connectivity index (χ0v) is 13.6. The van der Waals surface area contributed by atoms with E-state index in [2.05, 4.69) is 23.6 Å². The number of esters is 1. The zero-order chi connectivity index (χ0) is 14.8. The quantitative estimate of drug-likeness (QED) is 0.456. The maximum absolute atomic E-state index is 11.2. The van der Waals surface area contributed by atoms with Gasteiger partial charge in [-0.1, -0.05) is 20.3 Å². The van der Waals surface area contributed by atoms with Gasteiger partial charge in [-0.05, 0) is 52.4 Å². The molecule has 0 radical (unpaired) electrons. The first-order chi connectivity index (χ1) is 9.71. The molecule has 1 heterocycles. The zero-order valence-electron chi connectivity index (χ0n) is 13.6. The van der Waals surface area contributed by atoms with Crippen LogP contribution in [-0.4, -0.2) is 61.1 Å². The SMILES string of the molecule is CCOC(=O)CCCCCN1CCC(N(CC)CC)C1. The minimum Gasteiger partial charge on any atom is -0.466 e. The summed E-state index contributed by atoms with van der Waals surface area (Å²) < 4.78 is 4.93. The highest BCUT2D eigenvalue weighted by Crippen LogP contribution is 2.16. The molecular weight excluding hydrogens is 252 g/mol. The summed E-state index contributed by atoms with van der Waals surface area (Å²) >= 11 is 0. The summed E-state index contributed by atoms with van der Waals surface area (Å²) in [5.74, 6) is -0.0460. The van der Waals surface area contributed by atoms with Gasteiger partial charge in [0.1, 0.15) is 0 Å². The van der Waals surface area contributed by atoms with Crippen LogP contribution in [0.5, 0.6) is 0 Å². The molecule has 0 aromatic heterocycles. The number of ether oxygens (including phenoxy) is 1. The number of rotatable bonds is 10. The van der Waals surface area contributed by atoms with Crippen LogP contribution >= 0.6 is 0 Å². The number of likely N-dealkylation sites (N-methyl/N-ethyl adjacent to an activating group) is 1. The highest BCUT2D eigenvalue weighted by Gasteiger charge is 2.25. The highest BCUT2D eigenvalue weighted by atomic mass is 16.5. The Morgan fingerprint density at radius 2 is 1.95 bits per heavy atom. The fourth-order valence-electron chi connectivity index (χ4n) is 3.07. The number of hydrogen-bond donors (Lipinski definition) is 0. The van der Waals surface area contributed by atoms with E-state index in [1.54, 1.807) is 0 Å². The minimum absolute atomic E-state index is 0.0460. The van der Waals surface area contributed by atoms with Gasteiger partial charge in [0.25, 0.3) is 0 Å². The molecule has 4 nitrogen and oxygen atoms in total. The molecule has 4 heteroatoms. The molecule has 0 N–H and O–H groups in total. The molecular formula is C16H32N2O2. The average Bonchev–Trinajstić information content (AvgIpc) is 2.89. The Hall–Kier alpha value is -0.610. The van der Waals surface area contributed by atoms with Crippen LogP contribution in [0.2, 0.25) is 0 Å².